The van der Waals surface area contributed by atoms with E-state index < -0.39 is 46.8 Å². The lowest BCUT2D eigenvalue weighted by Crippen LogP contribution is -2.49. The van der Waals surface area contributed by atoms with Crippen LogP contribution in [-0.2, 0) is 23.9 Å². The highest BCUT2D eigenvalue weighted by molar-refractivity contribution is 7.91. The highest BCUT2D eigenvalue weighted by Gasteiger charge is 2.52. The molecule has 1 aromatic rings. The molecule has 0 bridgehead atoms. The van der Waals surface area contributed by atoms with Crippen molar-refractivity contribution >= 4 is 28.3 Å². The fourth-order valence-corrected chi connectivity index (χ4v) is 5.02. The van der Waals surface area contributed by atoms with Crippen molar-refractivity contribution in [1.29, 1.82) is 0 Å². The number of hydrogen-bond acceptors (Lipinski definition) is 9. The van der Waals surface area contributed by atoms with Gasteiger partial charge >= 0.3 is 7.12 Å². The Balaban J connectivity index is 1.66. The van der Waals surface area contributed by atoms with Gasteiger partial charge in [-0.25, -0.2) is 18.4 Å². The van der Waals surface area contributed by atoms with Crippen molar-refractivity contribution < 1.29 is 32.7 Å². The topological polar surface area (TPSA) is 139 Å². The number of likely N-dealkylation sites (tertiary alicyclic amines) is 1. The summed E-state index contributed by atoms with van der Waals surface area (Å²) in [7, 11) is -4.46. The zero-order chi connectivity index (χ0) is 23.7. The Hall–Kier alpha value is -1.60. The predicted molar refractivity (Wildman–Crippen MR) is 117 cm³/mol. The summed E-state index contributed by atoms with van der Waals surface area (Å²) >= 11 is 0. The molecule has 1 amide bonds. The van der Waals surface area contributed by atoms with E-state index in [0.717, 1.165) is 12.8 Å². The van der Waals surface area contributed by atoms with Gasteiger partial charge in [-0.05, 0) is 53.4 Å². The molecule has 178 valence electrons. The van der Waals surface area contributed by atoms with Gasteiger partial charge in [-0.2, -0.15) is 0 Å². The van der Waals surface area contributed by atoms with Crippen LogP contribution >= 0.6 is 0 Å². The molecule has 0 radical (unpaired) electrons. The summed E-state index contributed by atoms with van der Waals surface area (Å²) in [5, 5.41) is 18.5. The first kappa shape index (κ1) is 25.0. The number of aliphatic hydroxyl groups excluding tert-OH is 2. The summed E-state index contributed by atoms with van der Waals surface area (Å²) in [5.41, 5.74) is -0.533. The summed E-state index contributed by atoms with van der Waals surface area (Å²) < 4.78 is 37.5. The van der Waals surface area contributed by atoms with Crippen molar-refractivity contribution in [2.45, 2.75) is 81.9 Å². The Labute approximate surface area is 189 Å². The van der Waals surface area contributed by atoms with E-state index in [4.69, 9.17) is 14.4 Å². The fourth-order valence-electron chi connectivity index (χ4n) is 3.83. The molecule has 0 saturated carbocycles. The average Bonchev–Trinajstić information content (AvgIpc) is 2.98. The first-order valence-corrected chi connectivity index (χ1v) is 12.5. The van der Waals surface area contributed by atoms with Crippen molar-refractivity contribution in [2.24, 2.45) is 0 Å². The number of piperidine rings is 1. The van der Waals surface area contributed by atoms with Crippen molar-refractivity contribution in [1.82, 2.24) is 14.9 Å². The summed E-state index contributed by atoms with van der Waals surface area (Å²) in [5.74, 6) is -0.801. The molecule has 2 saturated heterocycles. The number of nitrogens with zero attached hydrogens (tertiary/aromatic N) is 3. The van der Waals surface area contributed by atoms with E-state index in [9.17, 15) is 18.3 Å². The van der Waals surface area contributed by atoms with Gasteiger partial charge in [0.2, 0.25) is 15.0 Å². The summed E-state index contributed by atoms with van der Waals surface area (Å²) in [4.78, 5) is 21.9. The predicted octanol–water partition coefficient (Wildman–Crippen LogP) is -0.326. The second-order valence-corrected chi connectivity index (χ2v) is 11.4. The number of aromatic nitrogens is 2. The zero-order valence-corrected chi connectivity index (χ0v) is 19.8. The SMILES string of the molecule is CC1(C)OB(c2cnc(S(=O)(=O)CC[C@H]3CCCCN3C(=O)[C@@H](O)CO)nc2)OC1(C)C. The lowest BCUT2D eigenvalue weighted by atomic mass is 9.81. The van der Waals surface area contributed by atoms with E-state index in [0.29, 0.717) is 18.4 Å². The molecule has 0 aliphatic carbocycles. The van der Waals surface area contributed by atoms with Crippen LogP contribution in [0.1, 0.15) is 53.4 Å². The molecule has 10 nitrogen and oxygen atoms in total. The lowest BCUT2D eigenvalue weighted by Gasteiger charge is -2.36. The first-order valence-electron chi connectivity index (χ1n) is 10.9. The number of hydrogen-bond donors (Lipinski definition) is 2. The lowest BCUT2D eigenvalue weighted by molar-refractivity contribution is -0.146. The van der Waals surface area contributed by atoms with Gasteiger partial charge in [-0.15, -0.1) is 0 Å². The van der Waals surface area contributed by atoms with Gasteiger partial charge in [0, 0.05) is 30.4 Å². The highest BCUT2D eigenvalue weighted by atomic mass is 32.2. The molecule has 3 rings (SSSR count). The Morgan fingerprint density at radius 3 is 2.38 bits per heavy atom. The molecule has 2 atom stereocenters. The van der Waals surface area contributed by atoms with E-state index in [2.05, 4.69) is 9.97 Å². The van der Waals surface area contributed by atoms with Gasteiger partial charge < -0.3 is 24.4 Å². The van der Waals surface area contributed by atoms with E-state index in [1.54, 1.807) is 0 Å². The van der Waals surface area contributed by atoms with Gasteiger partial charge in [0.15, 0.2) is 6.10 Å². The maximum absolute atomic E-state index is 12.8. The van der Waals surface area contributed by atoms with Crippen LogP contribution in [-0.4, -0.2) is 88.8 Å². The number of amides is 1. The van der Waals surface area contributed by atoms with E-state index >= 15 is 0 Å². The molecule has 32 heavy (non-hydrogen) atoms. The van der Waals surface area contributed by atoms with Crippen LogP contribution in [0.2, 0.25) is 0 Å². The van der Waals surface area contributed by atoms with Crippen LogP contribution in [0.4, 0.5) is 0 Å². The third kappa shape index (κ3) is 5.14. The molecule has 2 aliphatic heterocycles. The van der Waals surface area contributed by atoms with Crippen molar-refractivity contribution in [2.75, 3.05) is 18.9 Å². The van der Waals surface area contributed by atoms with Crippen LogP contribution in [0, 0.1) is 0 Å². The zero-order valence-electron chi connectivity index (χ0n) is 19.0. The standard InChI is InChI=1S/C20H32BN3O7S/c1-19(2)20(3,4)31-21(30-19)14-11-22-18(23-12-14)32(28,29)10-8-15-7-5-6-9-24(15)17(27)16(26)13-25/h11-12,15-16,25-26H,5-10,13H2,1-4H3/t15-,16+/m1/s1. The molecule has 2 N–H and O–H groups in total. The Kier molecular flexibility index (Phi) is 7.31. The van der Waals surface area contributed by atoms with E-state index in [-0.39, 0.29) is 23.4 Å². The van der Waals surface area contributed by atoms with Gasteiger partial charge in [0.1, 0.15) is 0 Å². The van der Waals surface area contributed by atoms with Crippen molar-refractivity contribution in [3.05, 3.63) is 12.4 Å². The largest absolute Gasteiger partial charge is 0.498 e. The smallest absolute Gasteiger partial charge is 0.399 e. The first-order chi connectivity index (χ1) is 14.9. The summed E-state index contributed by atoms with van der Waals surface area (Å²) in [6.45, 7) is 7.46. The number of carbonyl (C=O) groups is 1. The Bertz CT molecular complexity index is 908. The number of rotatable bonds is 7. The minimum absolute atomic E-state index is 0.203. The number of sulfone groups is 1. The Morgan fingerprint density at radius 1 is 1.22 bits per heavy atom. The highest BCUT2D eigenvalue weighted by Crippen LogP contribution is 2.36. The molecule has 0 aromatic carbocycles. The third-order valence-electron chi connectivity index (χ3n) is 6.54. The molecular formula is C20H32BN3O7S. The maximum atomic E-state index is 12.8. The third-order valence-corrected chi connectivity index (χ3v) is 8.08. The van der Waals surface area contributed by atoms with Gasteiger partial charge in [-0.1, -0.05) is 0 Å². The van der Waals surface area contributed by atoms with Crippen LogP contribution in [0.25, 0.3) is 0 Å². The van der Waals surface area contributed by atoms with Crippen LogP contribution in [0.15, 0.2) is 17.6 Å². The normalized spacial score (nSPS) is 23.9. The molecule has 2 aliphatic rings. The molecule has 1 aromatic heterocycles. The average molecular weight is 469 g/mol. The molecule has 0 spiro atoms. The van der Waals surface area contributed by atoms with Crippen molar-refractivity contribution in [3.63, 3.8) is 0 Å². The van der Waals surface area contributed by atoms with Crippen molar-refractivity contribution in [3.8, 4) is 0 Å². The van der Waals surface area contributed by atoms with Gasteiger partial charge in [0.05, 0.1) is 23.6 Å². The quantitative estimate of drug-likeness (QED) is 0.406. The minimum Gasteiger partial charge on any atom is -0.399 e. The second-order valence-electron chi connectivity index (χ2n) is 9.37. The maximum Gasteiger partial charge on any atom is 0.498 e. The molecule has 0 unspecified atom stereocenters. The molecular weight excluding hydrogens is 437 g/mol. The number of carbonyl (C=O) groups excluding carboxylic acids is 1. The number of aliphatic hydroxyl groups is 2. The summed E-state index contributed by atoms with van der Waals surface area (Å²) in [6.07, 6.45) is 3.79. The Morgan fingerprint density at radius 2 is 1.81 bits per heavy atom. The molecule has 12 heteroatoms. The summed E-state index contributed by atoms with van der Waals surface area (Å²) in [6, 6.07) is -0.323. The molecule has 3 heterocycles. The second kappa shape index (κ2) is 9.34. The fraction of sp³-hybridized carbons (Fsp3) is 0.750. The molecule has 2 fully saturated rings. The van der Waals surface area contributed by atoms with Crippen LogP contribution < -0.4 is 5.46 Å². The van der Waals surface area contributed by atoms with Crippen LogP contribution in [0.3, 0.4) is 0 Å². The van der Waals surface area contributed by atoms with E-state index in [1.807, 2.05) is 27.7 Å². The minimum atomic E-state index is -3.77. The van der Waals surface area contributed by atoms with Gasteiger partial charge in [-0.3, -0.25) is 4.79 Å². The van der Waals surface area contributed by atoms with Crippen LogP contribution in [0.5, 0.6) is 0 Å². The van der Waals surface area contributed by atoms with E-state index in [1.165, 1.54) is 17.3 Å². The van der Waals surface area contributed by atoms with Gasteiger partial charge in [0.25, 0.3) is 5.91 Å². The monoisotopic (exact) mass is 469 g/mol.